The van der Waals surface area contributed by atoms with Gasteiger partial charge in [-0.3, -0.25) is 40.7 Å². The first-order valence-electron chi connectivity index (χ1n) is 8.39. The predicted octanol–water partition coefficient (Wildman–Crippen LogP) is 1.27. The van der Waals surface area contributed by atoms with Crippen LogP contribution in [0.1, 0.15) is 17.3 Å². The summed E-state index contributed by atoms with van der Waals surface area (Å²) in [5.41, 5.74) is 5.44. The maximum Gasteiger partial charge on any atom is 0.269 e. The van der Waals surface area contributed by atoms with Crippen molar-refractivity contribution in [3.8, 4) is 5.75 Å². The third-order valence-electron chi connectivity index (χ3n) is 3.43. The number of non-ortho nitro benzene ring substituents is 1. The van der Waals surface area contributed by atoms with Gasteiger partial charge < -0.3 is 10.1 Å². The average Bonchev–Trinajstić information content (AvgIpc) is 2.71. The Morgan fingerprint density at radius 1 is 1.03 bits per heavy atom. The minimum absolute atomic E-state index is 0.0994. The van der Waals surface area contributed by atoms with Crippen molar-refractivity contribution < 1.29 is 24.0 Å². The lowest BCUT2D eigenvalue weighted by atomic mass is 10.2. The highest BCUT2D eigenvalue weighted by Gasteiger charge is 2.10. The number of hydrogen-bond acceptors (Lipinski definition) is 7. The molecule has 30 heavy (non-hydrogen) atoms. The Bertz CT molecular complexity index is 962. The van der Waals surface area contributed by atoms with Gasteiger partial charge in [0.15, 0.2) is 11.7 Å². The van der Waals surface area contributed by atoms with Gasteiger partial charge in [0.25, 0.3) is 17.5 Å². The van der Waals surface area contributed by atoms with E-state index in [1.807, 2.05) is 0 Å². The van der Waals surface area contributed by atoms with E-state index < -0.39 is 23.3 Å². The Kier molecular flexibility index (Phi) is 7.76. The van der Waals surface area contributed by atoms with Crippen molar-refractivity contribution >= 4 is 46.4 Å². The van der Waals surface area contributed by atoms with Crippen LogP contribution in [-0.2, 0) is 9.59 Å². The predicted molar refractivity (Wildman–Crippen MR) is 111 cm³/mol. The fourth-order valence-electron chi connectivity index (χ4n) is 2.10. The molecule has 2 aromatic carbocycles. The number of benzene rings is 2. The van der Waals surface area contributed by atoms with Gasteiger partial charge in [0.05, 0.1) is 4.92 Å². The number of amides is 3. The number of nitro benzene ring substituents is 1. The second kappa shape index (κ2) is 10.5. The lowest BCUT2D eigenvalue weighted by molar-refractivity contribution is -0.384. The summed E-state index contributed by atoms with van der Waals surface area (Å²) in [6.07, 6.45) is 0. The summed E-state index contributed by atoms with van der Waals surface area (Å²) < 4.78 is 5.20. The monoisotopic (exact) mass is 431 g/mol. The molecule has 3 amide bonds. The van der Waals surface area contributed by atoms with E-state index in [1.165, 1.54) is 43.3 Å². The van der Waals surface area contributed by atoms with Crippen LogP contribution in [0.3, 0.4) is 0 Å². The van der Waals surface area contributed by atoms with Crippen LogP contribution in [0.15, 0.2) is 48.5 Å². The fourth-order valence-corrected chi connectivity index (χ4v) is 2.27. The van der Waals surface area contributed by atoms with E-state index >= 15 is 0 Å². The summed E-state index contributed by atoms with van der Waals surface area (Å²) in [5, 5.41) is 15.3. The Morgan fingerprint density at radius 2 is 1.67 bits per heavy atom. The molecule has 0 unspecified atom stereocenters. The molecular weight excluding hydrogens is 414 g/mol. The quantitative estimate of drug-likeness (QED) is 0.303. The first-order chi connectivity index (χ1) is 14.2. The number of anilines is 1. The second-order valence-corrected chi connectivity index (χ2v) is 6.16. The van der Waals surface area contributed by atoms with Crippen molar-refractivity contribution in [1.82, 2.24) is 16.2 Å². The Hall–Kier alpha value is -4.06. The molecule has 0 heterocycles. The molecule has 12 heteroatoms. The van der Waals surface area contributed by atoms with Crippen LogP contribution >= 0.6 is 12.2 Å². The fraction of sp³-hybridized carbons (Fsp3) is 0.111. The van der Waals surface area contributed by atoms with Gasteiger partial charge in [0.1, 0.15) is 5.75 Å². The van der Waals surface area contributed by atoms with E-state index in [9.17, 15) is 24.5 Å². The summed E-state index contributed by atoms with van der Waals surface area (Å²) in [7, 11) is 0. The Labute approximate surface area is 175 Å². The normalized spacial score (nSPS) is 9.77. The number of nitro groups is 1. The summed E-state index contributed by atoms with van der Waals surface area (Å²) in [6.45, 7) is 0.981. The average molecular weight is 431 g/mol. The highest BCUT2D eigenvalue weighted by atomic mass is 32.1. The lowest BCUT2D eigenvalue weighted by Gasteiger charge is -2.11. The minimum atomic E-state index is -0.597. The molecule has 0 aliphatic rings. The number of rotatable bonds is 6. The van der Waals surface area contributed by atoms with E-state index in [2.05, 4.69) is 21.5 Å². The van der Waals surface area contributed by atoms with Gasteiger partial charge in [-0.2, -0.15) is 0 Å². The first-order valence-corrected chi connectivity index (χ1v) is 8.80. The summed E-state index contributed by atoms with van der Waals surface area (Å²) >= 11 is 4.91. The molecule has 4 N–H and O–H groups in total. The van der Waals surface area contributed by atoms with Crippen LogP contribution in [0.25, 0.3) is 0 Å². The van der Waals surface area contributed by atoms with Crippen molar-refractivity contribution in [1.29, 1.82) is 0 Å². The molecule has 2 aromatic rings. The molecule has 0 aliphatic heterocycles. The van der Waals surface area contributed by atoms with Gasteiger partial charge in [0, 0.05) is 30.3 Å². The summed E-state index contributed by atoms with van der Waals surface area (Å²) in [6, 6.07) is 11.3. The molecule has 0 atom stereocenters. The number of nitrogens with zero attached hydrogens (tertiary/aromatic N) is 1. The molecule has 0 saturated heterocycles. The van der Waals surface area contributed by atoms with E-state index in [1.54, 1.807) is 12.1 Å². The minimum Gasteiger partial charge on any atom is -0.484 e. The number of thiocarbonyl (C=S) groups is 1. The van der Waals surface area contributed by atoms with Crippen molar-refractivity contribution in [2.24, 2.45) is 0 Å². The van der Waals surface area contributed by atoms with Gasteiger partial charge >= 0.3 is 0 Å². The number of nitrogens with one attached hydrogen (secondary N) is 4. The summed E-state index contributed by atoms with van der Waals surface area (Å²) in [5.74, 6) is -1.07. The highest BCUT2D eigenvalue weighted by molar-refractivity contribution is 7.80. The van der Waals surface area contributed by atoms with E-state index in [-0.39, 0.29) is 22.5 Å². The molecule has 156 valence electrons. The van der Waals surface area contributed by atoms with Crippen LogP contribution in [-0.4, -0.2) is 34.4 Å². The molecule has 0 aromatic heterocycles. The van der Waals surface area contributed by atoms with Crippen molar-refractivity contribution in [3.05, 3.63) is 64.2 Å². The zero-order chi connectivity index (χ0) is 22.1. The van der Waals surface area contributed by atoms with Crippen molar-refractivity contribution in [3.63, 3.8) is 0 Å². The Morgan fingerprint density at radius 3 is 2.23 bits per heavy atom. The molecule has 0 radical (unpaired) electrons. The highest BCUT2D eigenvalue weighted by Crippen LogP contribution is 2.17. The number of carbonyl (C=O) groups excluding carboxylic acids is 3. The van der Waals surface area contributed by atoms with Crippen molar-refractivity contribution in [2.45, 2.75) is 6.92 Å². The largest absolute Gasteiger partial charge is 0.484 e. The smallest absolute Gasteiger partial charge is 0.269 e. The van der Waals surface area contributed by atoms with Crippen LogP contribution in [0.2, 0.25) is 0 Å². The first kappa shape index (κ1) is 22.2. The topological polar surface area (TPSA) is 152 Å². The van der Waals surface area contributed by atoms with Crippen LogP contribution in [0.5, 0.6) is 5.75 Å². The Balaban J connectivity index is 1.74. The molecule has 0 bridgehead atoms. The van der Waals surface area contributed by atoms with Crippen LogP contribution < -0.4 is 26.2 Å². The van der Waals surface area contributed by atoms with Gasteiger partial charge in [-0.1, -0.05) is 0 Å². The molecule has 2 rings (SSSR count). The standard InChI is InChI=1S/C18H17N5O6S/c1-11(24)19-13-4-2-12(3-5-13)17(26)21-22-18(30)20-16(25)10-29-15-8-6-14(7-9-15)23(27)28/h2-9H,10H2,1H3,(H,19,24)(H,21,26)(H2,20,22,25,30). The van der Waals surface area contributed by atoms with Gasteiger partial charge in [-0.05, 0) is 48.6 Å². The zero-order valence-electron chi connectivity index (χ0n) is 15.6. The molecule has 0 fully saturated rings. The van der Waals surface area contributed by atoms with Crippen molar-refractivity contribution in [2.75, 3.05) is 11.9 Å². The van der Waals surface area contributed by atoms with Gasteiger partial charge in [-0.25, -0.2) is 0 Å². The zero-order valence-corrected chi connectivity index (χ0v) is 16.4. The molecule has 0 spiro atoms. The molecule has 11 nitrogen and oxygen atoms in total. The molecular formula is C18H17N5O6S. The molecule has 0 saturated carbocycles. The van der Waals surface area contributed by atoms with Gasteiger partial charge in [0.2, 0.25) is 5.91 Å². The third kappa shape index (κ3) is 7.16. The lowest BCUT2D eigenvalue weighted by Crippen LogP contribution is -2.49. The van der Waals surface area contributed by atoms with E-state index in [0.717, 1.165) is 0 Å². The third-order valence-corrected chi connectivity index (χ3v) is 3.63. The number of hydrazine groups is 1. The van der Waals surface area contributed by atoms with E-state index in [0.29, 0.717) is 11.3 Å². The maximum atomic E-state index is 12.0. The number of ether oxygens (including phenoxy) is 1. The SMILES string of the molecule is CC(=O)Nc1ccc(C(=O)NNC(=S)NC(=O)COc2ccc([N+](=O)[O-])cc2)cc1. The summed E-state index contributed by atoms with van der Waals surface area (Å²) in [4.78, 5) is 44.9. The number of hydrogen-bond donors (Lipinski definition) is 4. The van der Waals surface area contributed by atoms with E-state index in [4.69, 9.17) is 17.0 Å². The second-order valence-electron chi connectivity index (χ2n) is 5.75. The van der Waals surface area contributed by atoms with Crippen LogP contribution in [0, 0.1) is 10.1 Å². The molecule has 0 aliphatic carbocycles. The number of carbonyl (C=O) groups is 3. The van der Waals surface area contributed by atoms with Gasteiger partial charge in [-0.15, -0.1) is 0 Å². The maximum absolute atomic E-state index is 12.0. The van der Waals surface area contributed by atoms with Crippen LogP contribution in [0.4, 0.5) is 11.4 Å².